The van der Waals surface area contributed by atoms with Gasteiger partial charge in [-0.15, -0.1) is 24.0 Å². The molecule has 0 bridgehead atoms. The normalized spacial score (nSPS) is 15.0. The molecule has 0 amide bonds. The van der Waals surface area contributed by atoms with Gasteiger partial charge < -0.3 is 10.2 Å². The van der Waals surface area contributed by atoms with E-state index in [-0.39, 0.29) is 24.0 Å². The summed E-state index contributed by atoms with van der Waals surface area (Å²) in [5.74, 6) is 0. The number of halogens is 1. The predicted octanol–water partition coefficient (Wildman–Crippen LogP) is 1.35. The highest BCUT2D eigenvalue weighted by Crippen LogP contribution is 1.94. The molecule has 3 heteroatoms. The van der Waals surface area contributed by atoms with Crippen LogP contribution in [0.1, 0.15) is 13.3 Å². The molecule has 0 aromatic heterocycles. The van der Waals surface area contributed by atoms with Crippen LogP contribution in [0.2, 0.25) is 0 Å². The molecule has 1 aliphatic rings. The second-order valence-corrected chi connectivity index (χ2v) is 1.99. The largest absolute Gasteiger partial charge is 0.373 e. The fraction of sp³-hybridized carbons (Fsp3) is 0.667. The van der Waals surface area contributed by atoms with Crippen LogP contribution in [0.5, 0.6) is 0 Å². The van der Waals surface area contributed by atoms with Gasteiger partial charge in [0.25, 0.3) is 0 Å². The van der Waals surface area contributed by atoms with Crippen molar-refractivity contribution >= 4 is 24.0 Å². The molecule has 1 N–H and O–H groups in total. The SMILES string of the molecule is CCCN1C=CNC1.I. The first-order valence-electron chi connectivity index (χ1n) is 3.07. The summed E-state index contributed by atoms with van der Waals surface area (Å²) in [6, 6.07) is 0. The Morgan fingerprint density at radius 2 is 2.44 bits per heavy atom. The minimum absolute atomic E-state index is 0. The van der Waals surface area contributed by atoms with Gasteiger partial charge >= 0.3 is 0 Å². The van der Waals surface area contributed by atoms with Crippen LogP contribution < -0.4 is 5.32 Å². The molecule has 0 aromatic rings. The number of hydrogen-bond donors (Lipinski definition) is 1. The molecule has 0 radical (unpaired) electrons. The van der Waals surface area contributed by atoms with Crippen LogP contribution in [0.3, 0.4) is 0 Å². The molecular weight excluding hydrogens is 227 g/mol. The van der Waals surface area contributed by atoms with E-state index in [0.717, 1.165) is 6.67 Å². The van der Waals surface area contributed by atoms with Gasteiger partial charge in [0, 0.05) is 18.9 Å². The first kappa shape index (κ1) is 9.07. The van der Waals surface area contributed by atoms with Crippen LogP contribution in [0, 0.1) is 0 Å². The Balaban J connectivity index is 0.000000640. The second-order valence-electron chi connectivity index (χ2n) is 1.99. The third-order valence-corrected chi connectivity index (χ3v) is 1.21. The smallest absolute Gasteiger partial charge is 0.0867 e. The lowest BCUT2D eigenvalue weighted by atomic mass is 10.4. The molecule has 0 fully saturated rings. The summed E-state index contributed by atoms with van der Waals surface area (Å²) in [5.41, 5.74) is 0. The number of nitrogens with zero attached hydrogens (tertiary/aromatic N) is 1. The maximum Gasteiger partial charge on any atom is 0.0867 e. The average molecular weight is 240 g/mol. The first-order valence-corrected chi connectivity index (χ1v) is 3.07. The van der Waals surface area contributed by atoms with Crippen LogP contribution in [-0.2, 0) is 0 Å². The molecule has 0 aromatic carbocycles. The molecule has 0 aliphatic carbocycles. The summed E-state index contributed by atoms with van der Waals surface area (Å²) in [6.45, 7) is 4.35. The van der Waals surface area contributed by atoms with Crippen LogP contribution in [0.25, 0.3) is 0 Å². The third kappa shape index (κ3) is 2.93. The third-order valence-electron chi connectivity index (χ3n) is 1.21. The van der Waals surface area contributed by atoms with Crippen LogP contribution in [-0.4, -0.2) is 18.1 Å². The van der Waals surface area contributed by atoms with Crippen LogP contribution in [0.15, 0.2) is 12.4 Å². The molecule has 1 rings (SSSR count). The van der Waals surface area contributed by atoms with Gasteiger partial charge in [-0.3, -0.25) is 0 Å². The van der Waals surface area contributed by atoms with Crippen molar-refractivity contribution in [2.45, 2.75) is 13.3 Å². The number of hydrogen-bond acceptors (Lipinski definition) is 2. The van der Waals surface area contributed by atoms with E-state index in [9.17, 15) is 0 Å². The van der Waals surface area contributed by atoms with Gasteiger partial charge in [-0.1, -0.05) is 6.92 Å². The van der Waals surface area contributed by atoms with Crippen LogP contribution >= 0.6 is 24.0 Å². The lowest BCUT2D eigenvalue weighted by molar-refractivity contribution is 0.391. The highest BCUT2D eigenvalue weighted by Gasteiger charge is 1.98. The van der Waals surface area contributed by atoms with E-state index in [0.29, 0.717) is 0 Å². The van der Waals surface area contributed by atoms with Crippen molar-refractivity contribution < 1.29 is 0 Å². The molecule has 9 heavy (non-hydrogen) atoms. The van der Waals surface area contributed by atoms with E-state index in [1.165, 1.54) is 13.0 Å². The zero-order valence-corrected chi connectivity index (χ0v) is 7.96. The van der Waals surface area contributed by atoms with Crippen molar-refractivity contribution in [3.63, 3.8) is 0 Å². The van der Waals surface area contributed by atoms with Crippen LogP contribution in [0.4, 0.5) is 0 Å². The lowest BCUT2D eigenvalue weighted by Gasteiger charge is -2.11. The molecule has 0 saturated carbocycles. The molecule has 0 spiro atoms. The molecule has 1 aliphatic heterocycles. The van der Waals surface area contributed by atoms with Crippen molar-refractivity contribution in [3.05, 3.63) is 12.4 Å². The van der Waals surface area contributed by atoms with Crippen molar-refractivity contribution in [3.8, 4) is 0 Å². The summed E-state index contributed by atoms with van der Waals surface area (Å²) in [6.07, 6.45) is 5.30. The fourth-order valence-electron chi connectivity index (χ4n) is 0.822. The average Bonchev–Trinajstić information content (AvgIpc) is 2.19. The molecule has 0 atom stereocenters. The van der Waals surface area contributed by atoms with E-state index in [2.05, 4.69) is 23.3 Å². The minimum Gasteiger partial charge on any atom is -0.373 e. The molecule has 0 unspecified atom stereocenters. The van der Waals surface area contributed by atoms with Gasteiger partial charge in [-0.2, -0.15) is 0 Å². The predicted molar refractivity (Wildman–Crippen MR) is 49.6 cm³/mol. The summed E-state index contributed by atoms with van der Waals surface area (Å²) in [4.78, 5) is 2.25. The first-order chi connectivity index (χ1) is 3.93. The highest BCUT2D eigenvalue weighted by atomic mass is 127. The summed E-state index contributed by atoms with van der Waals surface area (Å²) < 4.78 is 0. The minimum atomic E-state index is 0. The van der Waals surface area contributed by atoms with Crippen molar-refractivity contribution in [1.82, 2.24) is 10.2 Å². The Hall–Kier alpha value is 0.0700. The topological polar surface area (TPSA) is 15.3 Å². The Bertz CT molecular complexity index is 93.1. The molecular formula is C6H13IN2. The summed E-state index contributed by atoms with van der Waals surface area (Å²) in [5, 5.41) is 3.10. The molecule has 0 saturated heterocycles. The Labute approximate surface area is 73.3 Å². The number of rotatable bonds is 2. The Kier molecular flexibility index (Phi) is 4.94. The molecule has 1 heterocycles. The Morgan fingerprint density at radius 1 is 1.67 bits per heavy atom. The maximum absolute atomic E-state index is 3.10. The van der Waals surface area contributed by atoms with Crippen molar-refractivity contribution in [1.29, 1.82) is 0 Å². The van der Waals surface area contributed by atoms with E-state index < -0.39 is 0 Å². The van der Waals surface area contributed by atoms with Crippen molar-refractivity contribution in [2.24, 2.45) is 0 Å². The van der Waals surface area contributed by atoms with E-state index in [1.54, 1.807) is 0 Å². The zero-order chi connectivity index (χ0) is 5.82. The maximum atomic E-state index is 3.10. The molecule has 54 valence electrons. The van der Waals surface area contributed by atoms with Gasteiger partial charge in [0.1, 0.15) is 0 Å². The quantitative estimate of drug-likeness (QED) is 0.733. The summed E-state index contributed by atoms with van der Waals surface area (Å²) >= 11 is 0. The van der Waals surface area contributed by atoms with Crippen molar-refractivity contribution in [2.75, 3.05) is 13.2 Å². The number of nitrogens with one attached hydrogen (secondary N) is 1. The van der Waals surface area contributed by atoms with Gasteiger partial charge in [0.15, 0.2) is 0 Å². The van der Waals surface area contributed by atoms with E-state index in [4.69, 9.17) is 0 Å². The van der Waals surface area contributed by atoms with Gasteiger partial charge in [0.05, 0.1) is 6.67 Å². The standard InChI is InChI=1S/C6H12N2.HI/c1-2-4-8-5-3-7-6-8;/h3,5,7H,2,4,6H2,1H3;1H. The lowest BCUT2D eigenvalue weighted by Crippen LogP contribution is -2.20. The van der Waals surface area contributed by atoms with E-state index >= 15 is 0 Å². The Morgan fingerprint density at radius 3 is 2.89 bits per heavy atom. The monoisotopic (exact) mass is 240 g/mol. The zero-order valence-electron chi connectivity index (χ0n) is 5.63. The van der Waals surface area contributed by atoms with E-state index in [1.807, 2.05) is 6.20 Å². The van der Waals surface area contributed by atoms with Gasteiger partial charge in [-0.25, -0.2) is 0 Å². The van der Waals surface area contributed by atoms with Gasteiger partial charge in [0.2, 0.25) is 0 Å². The second kappa shape index (κ2) is 4.90. The molecule has 2 nitrogen and oxygen atoms in total. The highest BCUT2D eigenvalue weighted by molar-refractivity contribution is 14.0. The summed E-state index contributed by atoms with van der Waals surface area (Å²) in [7, 11) is 0. The fourth-order valence-corrected chi connectivity index (χ4v) is 0.822. The van der Waals surface area contributed by atoms with Gasteiger partial charge in [-0.05, 0) is 6.42 Å².